The van der Waals surface area contributed by atoms with E-state index in [1.54, 1.807) is 24.3 Å². The molecule has 0 unspecified atom stereocenters. The number of sulfonamides is 1. The molecule has 0 aliphatic rings. The van der Waals surface area contributed by atoms with Crippen LogP contribution in [0.5, 0.6) is 0 Å². The van der Waals surface area contributed by atoms with E-state index in [0.717, 1.165) is 24.8 Å². The molecule has 0 fully saturated rings. The van der Waals surface area contributed by atoms with Gasteiger partial charge >= 0.3 is 0 Å². The predicted octanol–water partition coefficient (Wildman–Crippen LogP) is 2.36. The number of aryl methyl sites for hydroxylation is 1. The molecule has 0 heterocycles. The zero-order valence-corrected chi connectivity index (χ0v) is 14.4. The van der Waals surface area contributed by atoms with Gasteiger partial charge in [-0.3, -0.25) is 4.79 Å². The zero-order chi connectivity index (χ0) is 16.6. The molecule has 0 bridgehead atoms. The second kappa shape index (κ2) is 8.90. The summed E-state index contributed by atoms with van der Waals surface area (Å²) in [5.41, 5.74) is 1.03. The summed E-state index contributed by atoms with van der Waals surface area (Å²) in [4.78, 5) is 11.7. The molecule has 0 radical (unpaired) electrons. The van der Waals surface area contributed by atoms with Gasteiger partial charge in [0.05, 0.1) is 4.90 Å². The average Bonchev–Trinajstić information content (AvgIpc) is 2.42. The average molecular weight is 326 g/mol. The van der Waals surface area contributed by atoms with Gasteiger partial charge in [0, 0.05) is 19.0 Å². The smallest absolute Gasteiger partial charge is 0.240 e. The van der Waals surface area contributed by atoms with E-state index in [1.165, 1.54) is 0 Å². The van der Waals surface area contributed by atoms with Gasteiger partial charge in [-0.15, -0.1) is 0 Å². The highest BCUT2D eigenvalue weighted by atomic mass is 32.2. The Bertz CT molecular complexity index is 566. The fourth-order valence-electron chi connectivity index (χ4n) is 1.99. The summed E-state index contributed by atoms with van der Waals surface area (Å²) in [5, 5.41) is 2.83. The van der Waals surface area contributed by atoms with Crippen molar-refractivity contribution in [2.45, 2.75) is 57.4 Å². The van der Waals surface area contributed by atoms with Gasteiger partial charge in [-0.05, 0) is 45.7 Å². The number of hydrogen-bond donors (Lipinski definition) is 2. The van der Waals surface area contributed by atoms with Crippen LogP contribution in [0.25, 0.3) is 0 Å². The first-order chi connectivity index (χ1) is 10.3. The monoisotopic (exact) mass is 326 g/mol. The van der Waals surface area contributed by atoms with E-state index >= 15 is 0 Å². The lowest BCUT2D eigenvalue weighted by molar-refractivity contribution is -0.121. The van der Waals surface area contributed by atoms with Crippen molar-refractivity contribution in [2.75, 3.05) is 6.54 Å². The summed E-state index contributed by atoms with van der Waals surface area (Å²) < 4.78 is 26.6. The van der Waals surface area contributed by atoms with Crippen LogP contribution in [0.3, 0.4) is 0 Å². The molecule has 1 aromatic rings. The van der Waals surface area contributed by atoms with Crippen molar-refractivity contribution in [1.29, 1.82) is 0 Å². The van der Waals surface area contributed by atoms with E-state index in [-0.39, 0.29) is 16.8 Å². The number of amides is 1. The van der Waals surface area contributed by atoms with Gasteiger partial charge in [-0.1, -0.05) is 24.1 Å². The number of rotatable bonds is 9. The Balaban J connectivity index is 2.24. The van der Waals surface area contributed by atoms with Crippen LogP contribution in [0.1, 0.15) is 45.1 Å². The maximum absolute atomic E-state index is 12.0. The van der Waals surface area contributed by atoms with E-state index in [9.17, 15) is 13.2 Å². The standard InChI is InChI=1S/C16H26N2O3S/c1-13(2)18-16(19)7-5-4-6-12-17-22(20,21)15-10-8-14(3)9-11-15/h8-11,13,17H,4-7,12H2,1-3H3,(H,18,19). The second-order valence-corrected chi connectivity index (χ2v) is 7.51. The Hall–Kier alpha value is -1.40. The van der Waals surface area contributed by atoms with Gasteiger partial charge in [-0.25, -0.2) is 13.1 Å². The molecule has 6 heteroatoms. The van der Waals surface area contributed by atoms with Crippen molar-refractivity contribution < 1.29 is 13.2 Å². The molecule has 22 heavy (non-hydrogen) atoms. The summed E-state index contributed by atoms with van der Waals surface area (Å²) in [6.07, 6.45) is 2.80. The third kappa shape index (κ3) is 7.04. The molecule has 0 aliphatic carbocycles. The topological polar surface area (TPSA) is 75.3 Å². The van der Waals surface area contributed by atoms with E-state index < -0.39 is 10.0 Å². The molecule has 0 aromatic heterocycles. The van der Waals surface area contributed by atoms with Crippen LogP contribution in [0.2, 0.25) is 0 Å². The van der Waals surface area contributed by atoms with E-state index in [4.69, 9.17) is 0 Å². The predicted molar refractivity (Wildman–Crippen MR) is 88.1 cm³/mol. The first-order valence-corrected chi connectivity index (χ1v) is 9.15. The Kier molecular flexibility index (Phi) is 7.55. The van der Waals surface area contributed by atoms with Crippen LogP contribution in [0.15, 0.2) is 29.2 Å². The fourth-order valence-corrected chi connectivity index (χ4v) is 3.06. The van der Waals surface area contributed by atoms with Crippen LogP contribution >= 0.6 is 0 Å². The van der Waals surface area contributed by atoms with Crippen molar-refractivity contribution in [3.05, 3.63) is 29.8 Å². The largest absolute Gasteiger partial charge is 0.354 e. The highest BCUT2D eigenvalue weighted by Gasteiger charge is 2.12. The van der Waals surface area contributed by atoms with Crippen molar-refractivity contribution >= 4 is 15.9 Å². The van der Waals surface area contributed by atoms with Crippen molar-refractivity contribution in [2.24, 2.45) is 0 Å². The number of unbranched alkanes of at least 4 members (excludes halogenated alkanes) is 2. The lowest BCUT2D eigenvalue weighted by atomic mass is 10.2. The van der Waals surface area contributed by atoms with Gasteiger partial charge in [0.2, 0.25) is 15.9 Å². The van der Waals surface area contributed by atoms with Crippen molar-refractivity contribution in [3.8, 4) is 0 Å². The number of nitrogens with one attached hydrogen (secondary N) is 2. The van der Waals surface area contributed by atoms with Crippen molar-refractivity contribution in [3.63, 3.8) is 0 Å². The minimum atomic E-state index is -3.43. The number of carbonyl (C=O) groups excluding carboxylic acids is 1. The first-order valence-electron chi connectivity index (χ1n) is 7.67. The molecule has 124 valence electrons. The molecule has 0 saturated carbocycles. The van der Waals surface area contributed by atoms with Gasteiger partial charge in [0.15, 0.2) is 0 Å². The Labute approximate surface area is 133 Å². The number of benzene rings is 1. The third-order valence-corrected chi connectivity index (χ3v) is 4.63. The SMILES string of the molecule is Cc1ccc(S(=O)(=O)NCCCCCC(=O)NC(C)C)cc1. The highest BCUT2D eigenvalue weighted by Crippen LogP contribution is 2.10. The molecular formula is C16H26N2O3S. The maximum Gasteiger partial charge on any atom is 0.240 e. The molecule has 2 N–H and O–H groups in total. The van der Waals surface area contributed by atoms with Crippen LogP contribution in [0.4, 0.5) is 0 Å². The van der Waals surface area contributed by atoms with Crippen molar-refractivity contribution in [1.82, 2.24) is 10.0 Å². The fraction of sp³-hybridized carbons (Fsp3) is 0.562. The van der Waals surface area contributed by atoms with E-state index in [0.29, 0.717) is 13.0 Å². The molecule has 1 aromatic carbocycles. The molecule has 0 atom stereocenters. The molecule has 1 rings (SSSR count). The lowest BCUT2D eigenvalue weighted by Gasteiger charge is -2.08. The van der Waals surface area contributed by atoms with Gasteiger partial charge in [0.25, 0.3) is 0 Å². The summed E-state index contributed by atoms with van der Waals surface area (Å²) in [5.74, 6) is 0.0511. The maximum atomic E-state index is 12.0. The minimum Gasteiger partial charge on any atom is -0.354 e. The molecule has 0 spiro atoms. The molecule has 5 nitrogen and oxygen atoms in total. The molecule has 1 amide bonds. The first kappa shape index (κ1) is 18.6. The lowest BCUT2D eigenvalue weighted by Crippen LogP contribution is -2.29. The zero-order valence-electron chi connectivity index (χ0n) is 13.6. The van der Waals surface area contributed by atoms with E-state index in [1.807, 2.05) is 20.8 Å². The Morgan fingerprint density at radius 1 is 1.09 bits per heavy atom. The number of hydrogen-bond acceptors (Lipinski definition) is 3. The second-order valence-electron chi connectivity index (χ2n) is 5.74. The van der Waals surface area contributed by atoms with Crippen LogP contribution in [-0.2, 0) is 14.8 Å². The summed E-state index contributed by atoms with van der Waals surface area (Å²) in [7, 11) is -3.43. The summed E-state index contributed by atoms with van der Waals surface area (Å²) in [6, 6.07) is 6.93. The van der Waals surface area contributed by atoms with Crippen LogP contribution in [0, 0.1) is 6.92 Å². The minimum absolute atomic E-state index is 0.0511. The quantitative estimate of drug-likeness (QED) is 0.684. The molecule has 0 aliphatic heterocycles. The number of carbonyl (C=O) groups is 1. The summed E-state index contributed by atoms with van der Waals surface area (Å²) >= 11 is 0. The molecular weight excluding hydrogens is 300 g/mol. The van der Waals surface area contributed by atoms with Gasteiger partial charge in [-0.2, -0.15) is 0 Å². The Morgan fingerprint density at radius 2 is 1.73 bits per heavy atom. The van der Waals surface area contributed by atoms with E-state index in [2.05, 4.69) is 10.0 Å². The summed E-state index contributed by atoms with van der Waals surface area (Å²) in [6.45, 7) is 6.16. The Morgan fingerprint density at radius 3 is 2.32 bits per heavy atom. The van der Waals surface area contributed by atoms with Gasteiger partial charge < -0.3 is 5.32 Å². The highest BCUT2D eigenvalue weighted by molar-refractivity contribution is 7.89. The van der Waals surface area contributed by atoms with Gasteiger partial charge in [0.1, 0.15) is 0 Å². The van der Waals surface area contributed by atoms with Crippen LogP contribution < -0.4 is 10.0 Å². The molecule has 0 saturated heterocycles. The normalized spacial score (nSPS) is 11.6. The third-order valence-electron chi connectivity index (χ3n) is 3.15. The van der Waals surface area contributed by atoms with Crippen LogP contribution in [-0.4, -0.2) is 26.9 Å².